The van der Waals surface area contributed by atoms with Gasteiger partial charge in [-0.2, -0.15) is 8.78 Å². The zero-order valence-electron chi connectivity index (χ0n) is 4.52. The van der Waals surface area contributed by atoms with Gasteiger partial charge in [0.05, 0.1) is 0 Å². The molecule has 0 bridgehead atoms. The summed E-state index contributed by atoms with van der Waals surface area (Å²) in [5.74, 6) is -7.72. The summed E-state index contributed by atoms with van der Waals surface area (Å²) in [6, 6.07) is 0. The molecule has 0 unspecified atom stereocenters. The summed E-state index contributed by atoms with van der Waals surface area (Å²) in [4.78, 5) is 9.23. The zero-order valence-corrected chi connectivity index (χ0v) is 7.36. The largest absolute Gasteiger partial charge is 0.477 e. The van der Waals surface area contributed by atoms with E-state index in [0.29, 0.717) is 0 Å². The number of halogens is 4. The van der Waals surface area contributed by atoms with Crippen molar-refractivity contribution in [3.05, 3.63) is 0 Å². The first-order valence-electron chi connectivity index (χ1n) is 1.78. The standard InChI is InChI=1S/C3H2F4O2.Y/c4-1(5)3(6,7)2(8)9;/h1H,(H,8,9);. The van der Waals surface area contributed by atoms with Gasteiger partial charge in [-0.1, -0.05) is 0 Å². The number of carbonyl (C=O) groups is 1. The molecule has 0 aromatic carbocycles. The molecule has 57 valence electrons. The van der Waals surface area contributed by atoms with Crippen molar-refractivity contribution in [2.45, 2.75) is 12.3 Å². The summed E-state index contributed by atoms with van der Waals surface area (Å²) < 4.78 is 44.5. The minimum Gasteiger partial charge on any atom is -0.477 e. The maximum absolute atomic E-state index is 11.3. The summed E-state index contributed by atoms with van der Waals surface area (Å²) >= 11 is 0. The minimum absolute atomic E-state index is 0. The van der Waals surface area contributed by atoms with E-state index >= 15 is 0 Å². The van der Waals surface area contributed by atoms with E-state index in [9.17, 15) is 22.4 Å². The number of carboxylic acid groups (broad SMARTS) is 1. The molecule has 0 aliphatic rings. The molecule has 0 fully saturated rings. The Morgan fingerprint density at radius 1 is 1.40 bits per heavy atom. The smallest absolute Gasteiger partial charge is 0.401 e. The molecular weight excluding hydrogens is 233 g/mol. The Labute approximate surface area is 78.5 Å². The van der Waals surface area contributed by atoms with Crippen LogP contribution in [0.4, 0.5) is 17.6 Å². The van der Waals surface area contributed by atoms with Crippen molar-refractivity contribution in [2.75, 3.05) is 0 Å². The molecule has 1 radical (unpaired) electrons. The number of hydrogen-bond acceptors (Lipinski definition) is 1. The number of alkyl halides is 4. The third kappa shape index (κ3) is 2.92. The Morgan fingerprint density at radius 3 is 1.70 bits per heavy atom. The Balaban J connectivity index is 0. The predicted molar refractivity (Wildman–Crippen MR) is 18.6 cm³/mol. The van der Waals surface area contributed by atoms with E-state index in [-0.39, 0.29) is 32.7 Å². The molecule has 1 N–H and O–H groups in total. The van der Waals surface area contributed by atoms with Gasteiger partial charge in [-0.3, -0.25) is 0 Å². The van der Waals surface area contributed by atoms with Crippen molar-refractivity contribution >= 4 is 5.97 Å². The summed E-state index contributed by atoms with van der Waals surface area (Å²) in [6.45, 7) is 0. The third-order valence-electron chi connectivity index (χ3n) is 0.559. The molecule has 0 aromatic rings. The number of aliphatic carboxylic acids is 1. The summed E-state index contributed by atoms with van der Waals surface area (Å²) in [7, 11) is 0. The molecule has 0 saturated heterocycles. The quantitative estimate of drug-likeness (QED) is 0.724. The fourth-order valence-electron chi connectivity index (χ4n) is 0.0933. The molecule has 0 saturated carbocycles. The molecule has 10 heavy (non-hydrogen) atoms. The van der Waals surface area contributed by atoms with E-state index < -0.39 is 18.3 Å². The monoisotopic (exact) mass is 235 g/mol. The molecule has 2 nitrogen and oxygen atoms in total. The normalized spacial score (nSPS) is 10.9. The fraction of sp³-hybridized carbons (Fsp3) is 0.667. The van der Waals surface area contributed by atoms with Crippen LogP contribution in [0.1, 0.15) is 0 Å². The van der Waals surface area contributed by atoms with Crippen molar-refractivity contribution in [3.8, 4) is 0 Å². The Bertz CT molecular complexity index is 126. The second-order valence-corrected chi connectivity index (χ2v) is 1.23. The summed E-state index contributed by atoms with van der Waals surface area (Å²) in [5, 5.41) is 7.38. The van der Waals surface area contributed by atoms with Gasteiger partial charge in [0.2, 0.25) is 0 Å². The van der Waals surface area contributed by atoms with Gasteiger partial charge < -0.3 is 5.11 Å². The average Bonchev–Trinajstić information content (AvgIpc) is 1.65. The van der Waals surface area contributed by atoms with E-state index in [0.717, 1.165) is 0 Å². The average molecular weight is 235 g/mol. The first-order valence-corrected chi connectivity index (χ1v) is 1.78. The van der Waals surface area contributed by atoms with Gasteiger partial charge in [0.1, 0.15) is 0 Å². The van der Waals surface area contributed by atoms with Crippen LogP contribution in [0.2, 0.25) is 0 Å². The maximum Gasteiger partial charge on any atom is 0.401 e. The molecule has 0 aliphatic carbocycles. The molecule has 7 heteroatoms. The summed E-state index contributed by atoms with van der Waals surface area (Å²) in [6.07, 6.45) is -4.14. The van der Waals surface area contributed by atoms with Gasteiger partial charge in [0, 0.05) is 32.7 Å². The van der Waals surface area contributed by atoms with Crippen LogP contribution in [0.3, 0.4) is 0 Å². The molecular formula is C3H2F4O2Y. The molecule has 0 aromatic heterocycles. The first kappa shape index (κ1) is 12.9. The zero-order chi connectivity index (χ0) is 7.65. The van der Waals surface area contributed by atoms with E-state index in [4.69, 9.17) is 5.11 Å². The second kappa shape index (κ2) is 4.23. The van der Waals surface area contributed by atoms with Crippen LogP contribution in [0.5, 0.6) is 0 Å². The van der Waals surface area contributed by atoms with Crippen LogP contribution >= 0.6 is 0 Å². The van der Waals surface area contributed by atoms with Gasteiger partial charge in [-0.05, 0) is 0 Å². The van der Waals surface area contributed by atoms with Crippen molar-refractivity contribution in [2.24, 2.45) is 0 Å². The predicted octanol–water partition coefficient (Wildman–Crippen LogP) is 0.969. The molecule has 0 heterocycles. The van der Waals surface area contributed by atoms with Crippen LogP contribution in [0.15, 0.2) is 0 Å². The Kier molecular flexibility index (Phi) is 5.47. The van der Waals surface area contributed by atoms with E-state index in [1.807, 2.05) is 0 Å². The van der Waals surface area contributed by atoms with Crippen molar-refractivity contribution in [1.82, 2.24) is 0 Å². The number of hydrogen-bond donors (Lipinski definition) is 1. The van der Waals surface area contributed by atoms with E-state index in [2.05, 4.69) is 0 Å². The number of rotatable bonds is 2. The molecule has 0 rings (SSSR count). The van der Waals surface area contributed by atoms with Crippen LogP contribution in [0.25, 0.3) is 0 Å². The van der Waals surface area contributed by atoms with Gasteiger partial charge >= 0.3 is 18.3 Å². The van der Waals surface area contributed by atoms with Gasteiger partial charge in [-0.15, -0.1) is 0 Å². The van der Waals surface area contributed by atoms with Crippen LogP contribution in [-0.2, 0) is 37.5 Å². The first-order chi connectivity index (χ1) is 3.89. The van der Waals surface area contributed by atoms with E-state index in [1.54, 1.807) is 0 Å². The molecule has 0 spiro atoms. The van der Waals surface area contributed by atoms with Crippen molar-refractivity contribution in [3.63, 3.8) is 0 Å². The van der Waals surface area contributed by atoms with Crippen LogP contribution in [0, 0.1) is 0 Å². The SMILES string of the molecule is O=C(O)C(F)(F)C(F)F.[Y]. The van der Waals surface area contributed by atoms with Crippen LogP contribution < -0.4 is 0 Å². The molecule has 0 aliphatic heterocycles. The topological polar surface area (TPSA) is 37.3 Å². The van der Waals surface area contributed by atoms with Crippen molar-refractivity contribution in [1.29, 1.82) is 0 Å². The summed E-state index contributed by atoms with van der Waals surface area (Å²) in [5.41, 5.74) is 0. The van der Waals surface area contributed by atoms with Gasteiger partial charge in [0.25, 0.3) is 0 Å². The Morgan fingerprint density at radius 2 is 1.70 bits per heavy atom. The number of carboxylic acids is 1. The van der Waals surface area contributed by atoms with Crippen LogP contribution in [-0.4, -0.2) is 23.4 Å². The fourth-order valence-corrected chi connectivity index (χ4v) is 0.0933. The molecule has 0 amide bonds. The minimum atomic E-state index is -4.92. The third-order valence-corrected chi connectivity index (χ3v) is 0.559. The molecule has 0 atom stereocenters. The Hall–Kier alpha value is 0.294. The van der Waals surface area contributed by atoms with Gasteiger partial charge in [0.15, 0.2) is 0 Å². The van der Waals surface area contributed by atoms with Crippen molar-refractivity contribution < 1.29 is 60.2 Å². The van der Waals surface area contributed by atoms with Gasteiger partial charge in [-0.25, -0.2) is 13.6 Å². The second-order valence-electron chi connectivity index (χ2n) is 1.23. The van der Waals surface area contributed by atoms with E-state index in [1.165, 1.54) is 0 Å². The maximum atomic E-state index is 11.3.